The van der Waals surface area contributed by atoms with Gasteiger partial charge < -0.3 is 11.2 Å². The number of carbonyl (C=O) groups excluding carboxylic acids is 1. The van der Waals surface area contributed by atoms with Crippen LogP contribution in [0.15, 0.2) is 70.9 Å². The Hall–Kier alpha value is -4.19. The fourth-order valence-electron chi connectivity index (χ4n) is 2.46. The van der Waals surface area contributed by atoms with Crippen molar-refractivity contribution in [2.75, 3.05) is 22.3 Å². The third-order valence-corrected chi connectivity index (χ3v) is 4.96. The maximum Gasteiger partial charge on any atom is 0.292 e. The standard InChI is InChI=1S/C20H20N8O3S/c1-14(11-12-15-7-3-2-4-8-15)23-24-19-25-26-20(27(19)21)32-13-18(29)22-16-9-5-6-10-17(16)28(30)31/h2-12H,13,21H2,1H3,(H,22,29)(H,24,25)/b12-11+,23-14+. The van der Waals surface area contributed by atoms with E-state index >= 15 is 0 Å². The van der Waals surface area contributed by atoms with Gasteiger partial charge in [0.25, 0.3) is 11.6 Å². The van der Waals surface area contributed by atoms with Crippen molar-refractivity contribution in [1.82, 2.24) is 14.9 Å². The normalized spacial score (nSPS) is 11.5. The van der Waals surface area contributed by atoms with Gasteiger partial charge in [-0.15, -0.1) is 10.2 Å². The quantitative estimate of drug-likeness (QED) is 0.147. The minimum absolute atomic E-state index is 0.0660. The molecule has 0 atom stereocenters. The zero-order valence-corrected chi connectivity index (χ0v) is 17.8. The predicted molar refractivity (Wildman–Crippen MR) is 125 cm³/mol. The van der Waals surface area contributed by atoms with E-state index in [0.717, 1.165) is 17.3 Å². The van der Waals surface area contributed by atoms with Crippen LogP contribution in [-0.2, 0) is 4.79 Å². The van der Waals surface area contributed by atoms with Gasteiger partial charge in [0.1, 0.15) is 5.69 Å². The minimum Gasteiger partial charge on any atom is -0.334 e. The van der Waals surface area contributed by atoms with Gasteiger partial charge in [0.2, 0.25) is 11.1 Å². The lowest BCUT2D eigenvalue weighted by molar-refractivity contribution is -0.383. The van der Waals surface area contributed by atoms with Gasteiger partial charge in [0, 0.05) is 6.07 Å². The molecule has 0 bridgehead atoms. The number of nitrogens with zero attached hydrogens (tertiary/aromatic N) is 5. The molecule has 0 saturated heterocycles. The van der Waals surface area contributed by atoms with Gasteiger partial charge in [0.05, 0.1) is 16.4 Å². The Morgan fingerprint density at radius 3 is 2.69 bits per heavy atom. The van der Waals surface area contributed by atoms with E-state index in [0.29, 0.717) is 5.71 Å². The van der Waals surface area contributed by atoms with Crippen molar-refractivity contribution >= 4 is 46.8 Å². The lowest BCUT2D eigenvalue weighted by atomic mass is 10.2. The van der Waals surface area contributed by atoms with Crippen molar-refractivity contribution < 1.29 is 9.72 Å². The number of nitro groups is 1. The van der Waals surface area contributed by atoms with Gasteiger partial charge in [-0.3, -0.25) is 14.9 Å². The number of carbonyl (C=O) groups is 1. The molecule has 0 fully saturated rings. The predicted octanol–water partition coefficient (Wildman–Crippen LogP) is 3.13. The number of nitro benzene ring substituents is 1. The molecule has 12 heteroatoms. The van der Waals surface area contributed by atoms with Crippen LogP contribution in [-0.4, -0.2) is 37.2 Å². The van der Waals surface area contributed by atoms with Gasteiger partial charge >= 0.3 is 0 Å². The van der Waals surface area contributed by atoms with Crippen molar-refractivity contribution in [3.05, 3.63) is 76.4 Å². The van der Waals surface area contributed by atoms with Crippen molar-refractivity contribution in [1.29, 1.82) is 0 Å². The summed E-state index contributed by atoms with van der Waals surface area (Å²) in [5.74, 6) is 5.64. The average molecular weight is 453 g/mol. The van der Waals surface area contributed by atoms with Crippen LogP contribution in [0, 0.1) is 10.1 Å². The monoisotopic (exact) mass is 452 g/mol. The molecule has 32 heavy (non-hydrogen) atoms. The number of hydrazone groups is 1. The van der Waals surface area contributed by atoms with Crippen LogP contribution < -0.4 is 16.6 Å². The highest BCUT2D eigenvalue weighted by Gasteiger charge is 2.16. The highest BCUT2D eigenvalue weighted by molar-refractivity contribution is 7.99. The number of amides is 1. The van der Waals surface area contributed by atoms with Crippen molar-refractivity contribution in [3.8, 4) is 0 Å². The first-order valence-electron chi connectivity index (χ1n) is 9.34. The van der Waals surface area contributed by atoms with E-state index in [-0.39, 0.29) is 28.2 Å². The van der Waals surface area contributed by atoms with Crippen LogP contribution in [0.3, 0.4) is 0 Å². The zero-order valence-electron chi connectivity index (χ0n) is 17.0. The first-order valence-corrected chi connectivity index (χ1v) is 10.3. The Morgan fingerprint density at radius 1 is 1.22 bits per heavy atom. The van der Waals surface area contributed by atoms with Crippen LogP contribution in [0.5, 0.6) is 0 Å². The van der Waals surface area contributed by atoms with Crippen molar-refractivity contribution in [2.24, 2.45) is 5.10 Å². The van der Waals surface area contributed by atoms with E-state index < -0.39 is 10.8 Å². The van der Waals surface area contributed by atoms with E-state index in [1.54, 1.807) is 6.07 Å². The van der Waals surface area contributed by atoms with E-state index in [2.05, 4.69) is 26.0 Å². The van der Waals surface area contributed by atoms with Crippen LogP contribution in [0.2, 0.25) is 0 Å². The van der Waals surface area contributed by atoms with Gasteiger partial charge in [-0.2, -0.15) is 5.10 Å². The number of benzene rings is 2. The molecule has 0 unspecified atom stereocenters. The summed E-state index contributed by atoms with van der Waals surface area (Å²) in [5, 5.41) is 25.8. The highest BCUT2D eigenvalue weighted by Crippen LogP contribution is 2.24. The number of hydrogen-bond donors (Lipinski definition) is 3. The molecule has 0 spiro atoms. The second kappa shape index (κ2) is 10.7. The number of aromatic nitrogens is 3. The first-order chi connectivity index (χ1) is 15.4. The van der Waals surface area contributed by atoms with Crippen LogP contribution >= 0.6 is 11.8 Å². The Labute approximate surface area is 187 Å². The van der Waals surface area contributed by atoms with Crippen LogP contribution in [0.4, 0.5) is 17.3 Å². The first kappa shape index (κ1) is 22.5. The van der Waals surface area contributed by atoms with Gasteiger partial charge in [-0.25, -0.2) is 10.1 Å². The van der Waals surface area contributed by atoms with Gasteiger partial charge in [0.15, 0.2) is 0 Å². The number of anilines is 2. The summed E-state index contributed by atoms with van der Waals surface area (Å²) in [4.78, 5) is 22.7. The molecule has 1 aromatic heterocycles. The van der Waals surface area contributed by atoms with E-state index in [1.165, 1.54) is 22.9 Å². The Kier molecular flexibility index (Phi) is 7.54. The molecular formula is C20H20N8O3S. The number of nitrogens with two attached hydrogens (primary N) is 1. The molecule has 3 aromatic rings. The highest BCUT2D eigenvalue weighted by atomic mass is 32.2. The molecule has 1 heterocycles. The summed E-state index contributed by atoms with van der Waals surface area (Å²) < 4.78 is 1.17. The number of thioether (sulfide) groups is 1. The molecule has 0 saturated carbocycles. The average Bonchev–Trinajstić information content (AvgIpc) is 3.15. The zero-order chi connectivity index (χ0) is 22.9. The van der Waals surface area contributed by atoms with Gasteiger partial charge in [-0.05, 0) is 24.6 Å². The Bertz CT molecular complexity index is 1160. The fourth-order valence-corrected chi connectivity index (χ4v) is 3.12. The third kappa shape index (κ3) is 6.15. The van der Waals surface area contributed by atoms with E-state index in [1.807, 2.05) is 49.4 Å². The summed E-state index contributed by atoms with van der Waals surface area (Å²) in [5.41, 5.74) is 4.39. The number of hydrogen-bond acceptors (Lipinski definition) is 9. The maximum atomic E-state index is 12.2. The number of allylic oxidation sites excluding steroid dienone is 1. The Morgan fingerprint density at radius 2 is 1.94 bits per heavy atom. The molecule has 0 aliphatic heterocycles. The largest absolute Gasteiger partial charge is 0.334 e. The summed E-state index contributed by atoms with van der Waals surface area (Å²) in [6, 6.07) is 15.7. The smallest absolute Gasteiger partial charge is 0.292 e. The third-order valence-electron chi connectivity index (χ3n) is 4.02. The van der Waals surface area contributed by atoms with Gasteiger partial charge in [-0.1, -0.05) is 60.3 Å². The fraction of sp³-hybridized carbons (Fsp3) is 0.100. The van der Waals surface area contributed by atoms with E-state index in [9.17, 15) is 14.9 Å². The number of nitrogens with one attached hydrogen (secondary N) is 2. The molecule has 164 valence electrons. The summed E-state index contributed by atoms with van der Waals surface area (Å²) in [7, 11) is 0. The van der Waals surface area contributed by atoms with Crippen molar-refractivity contribution in [2.45, 2.75) is 12.1 Å². The second-order valence-corrected chi connectivity index (χ2v) is 7.34. The summed E-state index contributed by atoms with van der Waals surface area (Å²) in [6.07, 6.45) is 3.76. The van der Waals surface area contributed by atoms with E-state index in [4.69, 9.17) is 5.84 Å². The molecule has 11 nitrogen and oxygen atoms in total. The van der Waals surface area contributed by atoms with Crippen LogP contribution in [0.1, 0.15) is 12.5 Å². The van der Waals surface area contributed by atoms with Crippen LogP contribution in [0.25, 0.3) is 6.08 Å². The maximum absolute atomic E-state index is 12.2. The minimum atomic E-state index is -0.561. The topological polar surface area (TPSA) is 153 Å². The molecular weight excluding hydrogens is 432 g/mol. The number of rotatable bonds is 9. The summed E-state index contributed by atoms with van der Waals surface area (Å²) in [6.45, 7) is 1.81. The molecule has 0 aliphatic rings. The van der Waals surface area contributed by atoms with Crippen molar-refractivity contribution in [3.63, 3.8) is 0 Å². The molecule has 4 N–H and O–H groups in total. The second-order valence-electron chi connectivity index (χ2n) is 6.40. The molecule has 3 rings (SSSR count). The SMILES string of the molecule is CC(/C=C/c1ccccc1)=N\Nc1nnc(SCC(=O)Nc2ccccc2[N+](=O)[O-])n1N. The molecule has 0 aliphatic carbocycles. The lowest BCUT2D eigenvalue weighted by Gasteiger charge is -2.06. The number of nitrogen functional groups attached to an aromatic ring is 1. The Balaban J connectivity index is 1.55. The molecule has 1 amide bonds. The number of para-hydroxylation sites is 2. The summed E-state index contributed by atoms with van der Waals surface area (Å²) >= 11 is 1.03. The molecule has 2 aromatic carbocycles. The lowest BCUT2D eigenvalue weighted by Crippen LogP contribution is -2.17. The molecule has 0 radical (unpaired) electrons.